The first kappa shape index (κ1) is 11.9. The SMILES string of the molecule is Cc1ccnc(Nc2cccc(C(N)=O)c2)c1N. The van der Waals surface area contributed by atoms with Gasteiger partial charge in [0.25, 0.3) is 0 Å². The average molecular weight is 242 g/mol. The van der Waals surface area contributed by atoms with Crippen LogP contribution in [0, 0.1) is 6.92 Å². The number of hydrogen-bond acceptors (Lipinski definition) is 4. The van der Waals surface area contributed by atoms with Crippen molar-refractivity contribution in [1.82, 2.24) is 4.98 Å². The molecule has 0 atom stereocenters. The molecule has 0 fully saturated rings. The predicted molar refractivity (Wildman–Crippen MR) is 71.6 cm³/mol. The number of nitrogens with one attached hydrogen (secondary N) is 1. The molecule has 0 bridgehead atoms. The molecule has 1 amide bonds. The van der Waals surface area contributed by atoms with Crippen molar-refractivity contribution >= 4 is 23.1 Å². The van der Waals surface area contributed by atoms with Gasteiger partial charge in [-0.3, -0.25) is 4.79 Å². The van der Waals surface area contributed by atoms with Crippen molar-refractivity contribution in [2.45, 2.75) is 6.92 Å². The van der Waals surface area contributed by atoms with Gasteiger partial charge in [-0.2, -0.15) is 0 Å². The van der Waals surface area contributed by atoms with Crippen LogP contribution in [0.4, 0.5) is 17.2 Å². The van der Waals surface area contributed by atoms with Crippen molar-refractivity contribution in [3.8, 4) is 0 Å². The van der Waals surface area contributed by atoms with Crippen LogP contribution >= 0.6 is 0 Å². The molecule has 1 heterocycles. The second-order valence-electron chi connectivity index (χ2n) is 3.96. The van der Waals surface area contributed by atoms with Gasteiger partial charge in [0, 0.05) is 17.4 Å². The number of anilines is 3. The van der Waals surface area contributed by atoms with E-state index in [0.717, 1.165) is 11.3 Å². The molecule has 92 valence electrons. The molecule has 5 heteroatoms. The van der Waals surface area contributed by atoms with Gasteiger partial charge in [0.2, 0.25) is 5.91 Å². The molecule has 0 radical (unpaired) electrons. The van der Waals surface area contributed by atoms with E-state index in [9.17, 15) is 4.79 Å². The molecular weight excluding hydrogens is 228 g/mol. The standard InChI is InChI=1S/C13H14N4O/c1-8-5-6-16-13(11(8)14)17-10-4-2-3-9(7-10)12(15)18/h2-7H,14H2,1H3,(H2,15,18)(H,16,17). The lowest BCUT2D eigenvalue weighted by molar-refractivity contribution is 0.100. The fourth-order valence-corrected chi connectivity index (χ4v) is 1.56. The summed E-state index contributed by atoms with van der Waals surface area (Å²) in [5.41, 5.74) is 13.8. The number of carbonyl (C=O) groups excluding carboxylic acids is 1. The summed E-state index contributed by atoms with van der Waals surface area (Å²) in [7, 11) is 0. The molecule has 0 aliphatic heterocycles. The Hall–Kier alpha value is -2.56. The van der Waals surface area contributed by atoms with E-state index >= 15 is 0 Å². The van der Waals surface area contributed by atoms with Crippen molar-refractivity contribution in [3.63, 3.8) is 0 Å². The zero-order valence-electron chi connectivity index (χ0n) is 9.97. The van der Waals surface area contributed by atoms with Crippen LogP contribution in [0.2, 0.25) is 0 Å². The highest BCUT2D eigenvalue weighted by Gasteiger charge is 2.05. The van der Waals surface area contributed by atoms with Gasteiger partial charge >= 0.3 is 0 Å². The molecule has 0 aliphatic rings. The van der Waals surface area contributed by atoms with Crippen LogP contribution in [-0.2, 0) is 0 Å². The van der Waals surface area contributed by atoms with Gasteiger partial charge in [0.15, 0.2) is 5.82 Å². The van der Waals surface area contributed by atoms with Crippen molar-refractivity contribution < 1.29 is 4.79 Å². The molecule has 0 aliphatic carbocycles. The topological polar surface area (TPSA) is 94.0 Å². The highest BCUT2D eigenvalue weighted by atomic mass is 16.1. The molecule has 0 spiro atoms. The number of hydrogen-bond donors (Lipinski definition) is 3. The third kappa shape index (κ3) is 2.40. The number of aryl methyl sites for hydroxylation is 1. The Bertz CT molecular complexity index is 595. The minimum Gasteiger partial charge on any atom is -0.396 e. The van der Waals surface area contributed by atoms with E-state index < -0.39 is 5.91 Å². The Morgan fingerprint density at radius 1 is 1.33 bits per heavy atom. The first-order chi connectivity index (χ1) is 8.58. The normalized spacial score (nSPS) is 10.1. The van der Waals surface area contributed by atoms with Gasteiger partial charge in [0.1, 0.15) is 0 Å². The number of pyridine rings is 1. The Balaban J connectivity index is 2.31. The number of amides is 1. The summed E-state index contributed by atoms with van der Waals surface area (Å²) in [6.07, 6.45) is 1.67. The number of nitrogens with zero attached hydrogens (tertiary/aromatic N) is 1. The maximum atomic E-state index is 11.1. The summed E-state index contributed by atoms with van der Waals surface area (Å²) in [5.74, 6) is 0.0976. The third-order valence-corrected chi connectivity index (χ3v) is 2.62. The summed E-state index contributed by atoms with van der Waals surface area (Å²) in [4.78, 5) is 15.2. The molecule has 1 aromatic carbocycles. The van der Waals surface area contributed by atoms with Crippen LogP contribution < -0.4 is 16.8 Å². The van der Waals surface area contributed by atoms with Crippen LogP contribution in [0.5, 0.6) is 0 Å². The maximum absolute atomic E-state index is 11.1. The van der Waals surface area contributed by atoms with E-state index in [1.54, 1.807) is 24.4 Å². The Labute approximate surface area is 105 Å². The Kier molecular flexibility index (Phi) is 3.14. The summed E-state index contributed by atoms with van der Waals surface area (Å²) in [6, 6.07) is 8.71. The van der Waals surface area contributed by atoms with Crippen LogP contribution in [0.25, 0.3) is 0 Å². The number of nitrogen functional groups attached to an aromatic ring is 1. The van der Waals surface area contributed by atoms with Crippen LogP contribution in [0.1, 0.15) is 15.9 Å². The minimum atomic E-state index is -0.469. The fraction of sp³-hybridized carbons (Fsp3) is 0.0769. The minimum absolute atomic E-state index is 0.436. The van der Waals surface area contributed by atoms with Gasteiger partial charge in [-0.05, 0) is 36.8 Å². The maximum Gasteiger partial charge on any atom is 0.248 e. The van der Waals surface area contributed by atoms with E-state index in [1.807, 2.05) is 19.1 Å². The number of primary amides is 1. The summed E-state index contributed by atoms with van der Waals surface area (Å²) < 4.78 is 0. The number of aromatic nitrogens is 1. The second-order valence-corrected chi connectivity index (χ2v) is 3.96. The lowest BCUT2D eigenvalue weighted by Crippen LogP contribution is -2.11. The van der Waals surface area contributed by atoms with Crippen molar-refractivity contribution in [2.75, 3.05) is 11.1 Å². The molecule has 18 heavy (non-hydrogen) atoms. The first-order valence-electron chi connectivity index (χ1n) is 5.46. The van der Waals surface area contributed by atoms with Gasteiger partial charge in [-0.1, -0.05) is 6.07 Å². The third-order valence-electron chi connectivity index (χ3n) is 2.62. The van der Waals surface area contributed by atoms with Gasteiger partial charge < -0.3 is 16.8 Å². The molecule has 0 saturated carbocycles. The van der Waals surface area contributed by atoms with Crippen molar-refractivity contribution in [3.05, 3.63) is 47.7 Å². The number of nitrogens with two attached hydrogens (primary N) is 2. The van der Waals surface area contributed by atoms with E-state index in [1.165, 1.54) is 0 Å². The summed E-state index contributed by atoms with van der Waals surface area (Å²) in [6.45, 7) is 1.90. The van der Waals surface area contributed by atoms with Crippen LogP contribution in [0.3, 0.4) is 0 Å². The second kappa shape index (κ2) is 4.75. The number of benzene rings is 1. The van der Waals surface area contributed by atoms with Gasteiger partial charge in [-0.25, -0.2) is 4.98 Å². The van der Waals surface area contributed by atoms with E-state index in [4.69, 9.17) is 11.5 Å². The molecule has 2 aromatic rings. The van der Waals surface area contributed by atoms with E-state index in [2.05, 4.69) is 10.3 Å². The number of carbonyl (C=O) groups is 1. The highest BCUT2D eigenvalue weighted by molar-refractivity contribution is 5.94. The number of rotatable bonds is 3. The zero-order chi connectivity index (χ0) is 13.1. The predicted octanol–water partition coefficient (Wildman–Crippen LogP) is 1.81. The van der Waals surface area contributed by atoms with Crippen LogP contribution in [0.15, 0.2) is 36.5 Å². The summed E-state index contributed by atoms with van der Waals surface area (Å²) in [5, 5.41) is 3.06. The molecular formula is C13H14N4O. The fourth-order valence-electron chi connectivity index (χ4n) is 1.56. The molecule has 5 nitrogen and oxygen atoms in total. The first-order valence-corrected chi connectivity index (χ1v) is 5.46. The lowest BCUT2D eigenvalue weighted by Gasteiger charge is -2.10. The van der Waals surface area contributed by atoms with E-state index in [-0.39, 0.29) is 0 Å². The van der Waals surface area contributed by atoms with Crippen molar-refractivity contribution in [2.24, 2.45) is 5.73 Å². The monoisotopic (exact) mass is 242 g/mol. The van der Waals surface area contributed by atoms with Crippen molar-refractivity contribution in [1.29, 1.82) is 0 Å². The molecule has 0 unspecified atom stereocenters. The zero-order valence-corrected chi connectivity index (χ0v) is 9.97. The smallest absolute Gasteiger partial charge is 0.248 e. The average Bonchev–Trinajstić information content (AvgIpc) is 2.35. The Morgan fingerprint density at radius 2 is 2.11 bits per heavy atom. The summed E-state index contributed by atoms with van der Waals surface area (Å²) >= 11 is 0. The molecule has 1 aromatic heterocycles. The molecule has 0 saturated heterocycles. The Morgan fingerprint density at radius 3 is 2.83 bits per heavy atom. The highest BCUT2D eigenvalue weighted by Crippen LogP contribution is 2.23. The van der Waals surface area contributed by atoms with E-state index in [0.29, 0.717) is 17.1 Å². The molecule has 5 N–H and O–H groups in total. The largest absolute Gasteiger partial charge is 0.396 e. The van der Waals surface area contributed by atoms with Crippen LogP contribution in [-0.4, -0.2) is 10.9 Å². The molecule has 2 rings (SSSR count). The lowest BCUT2D eigenvalue weighted by atomic mass is 10.2. The quantitative estimate of drug-likeness (QED) is 0.765. The van der Waals surface area contributed by atoms with Gasteiger partial charge in [0.05, 0.1) is 5.69 Å². The van der Waals surface area contributed by atoms with Gasteiger partial charge in [-0.15, -0.1) is 0 Å².